The minimum absolute atomic E-state index is 0.0291. The van der Waals surface area contributed by atoms with Gasteiger partial charge in [0.25, 0.3) is 0 Å². The highest BCUT2D eigenvalue weighted by Crippen LogP contribution is 2.40. The van der Waals surface area contributed by atoms with Crippen molar-refractivity contribution in [3.05, 3.63) is 75.1 Å². The number of nitroso groups, excluding NO2 is 1. The van der Waals surface area contributed by atoms with Crippen molar-refractivity contribution in [2.75, 3.05) is 0 Å². The summed E-state index contributed by atoms with van der Waals surface area (Å²) in [6.07, 6.45) is 4.92. The lowest BCUT2D eigenvalue weighted by Gasteiger charge is -2.23. The third-order valence-corrected chi connectivity index (χ3v) is 5.57. The standard InChI is InChI=1S/C21H18ClF3N3O/c1-12-7-15(5-6-27(12)29)17-11-26-28-13(2)8-16(10-20(17)28)14-3-4-18(19(22)9-14)21(23,24)25/h3-7,9-13H,8H2,1-2H3/q+1/t12?,13-/m0/s1. The zero-order valence-corrected chi connectivity index (χ0v) is 16.5. The fraction of sp³-hybridized carbons (Fsp3) is 0.286. The van der Waals surface area contributed by atoms with Crippen molar-refractivity contribution in [2.24, 2.45) is 0 Å². The van der Waals surface area contributed by atoms with Crippen LogP contribution < -0.4 is 0 Å². The molecule has 0 amide bonds. The molecular formula is C21H18ClF3N3O+. The van der Waals surface area contributed by atoms with E-state index < -0.39 is 11.7 Å². The third-order valence-electron chi connectivity index (χ3n) is 5.26. The number of hydrogen-bond donors (Lipinski definition) is 0. The molecule has 8 heteroatoms. The molecule has 2 atom stereocenters. The molecule has 2 aliphatic rings. The average Bonchev–Trinajstić information content (AvgIpc) is 3.07. The van der Waals surface area contributed by atoms with E-state index in [-0.39, 0.29) is 17.1 Å². The number of rotatable bonds is 2. The van der Waals surface area contributed by atoms with E-state index in [4.69, 9.17) is 11.6 Å². The summed E-state index contributed by atoms with van der Waals surface area (Å²) >= 11 is 5.91. The third kappa shape index (κ3) is 3.55. The molecule has 150 valence electrons. The predicted molar refractivity (Wildman–Crippen MR) is 106 cm³/mol. The number of hydrogen-bond acceptors (Lipinski definition) is 2. The largest absolute Gasteiger partial charge is 0.417 e. The van der Waals surface area contributed by atoms with E-state index in [9.17, 15) is 18.1 Å². The smallest absolute Gasteiger partial charge is 0.262 e. The van der Waals surface area contributed by atoms with Crippen molar-refractivity contribution in [2.45, 2.75) is 38.5 Å². The molecule has 0 radical (unpaired) electrons. The van der Waals surface area contributed by atoms with Crippen molar-refractivity contribution in [1.29, 1.82) is 0 Å². The molecule has 4 rings (SSSR count). The molecule has 3 heterocycles. The first kappa shape index (κ1) is 19.6. The SMILES string of the molecule is CC1C=C(c2cnn3c2C=C(c2ccc(C(F)(F)F)c(Cl)c2)C[C@@H]3C)C=C[N+]1=O. The van der Waals surface area contributed by atoms with Gasteiger partial charge in [-0.25, -0.2) is 0 Å². The number of alkyl halides is 3. The van der Waals surface area contributed by atoms with Crippen LogP contribution in [0.5, 0.6) is 0 Å². The van der Waals surface area contributed by atoms with Crippen molar-refractivity contribution < 1.29 is 17.9 Å². The maximum atomic E-state index is 13.0. The first-order valence-corrected chi connectivity index (χ1v) is 9.54. The first-order valence-electron chi connectivity index (χ1n) is 9.16. The summed E-state index contributed by atoms with van der Waals surface area (Å²) < 4.78 is 41.8. The quantitative estimate of drug-likeness (QED) is 0.547. The number of fused-ring (bicyclic) bond motifs is 1. The van der Waals surface area contributed by atoms with E-state index in [1.54, 1.807) is 19.2 Å². The number of nitrogens with zero attached hydrogens (tertiary/aromatic N) is 3. The van der Waals surface area contributed by atoms with Gasteiger partial charge < -0.3 is 0 Å². The van der Waals surface area contributed by atoms with Crippen molar-refractivity contribution in [1.82, 2.24) is 9.78 Å². The monoisotopic (exact) mass is 420 g/mol. The van der Waals surface area contributed by atoms with Gasteiger partial charge in [-0.2, -0.15) is 18.3 Å². The van der Waals surface area contributed by atoms with E-state index in [1.165, 1.54) is 18.3 Å². The molecular weight excluding hydrogens is 403 g/mol. The molecule has 2 aliphatic heterocycles. The van der Waals surface area contributed by atoms with Gasteiger partial charge in [0.05, 0.1) is 28.5 Å². The van der Waals surface area contributed by atoms with Gasteiger partial charge in [-0.1, -0.05) is 17.7 Å². The molecule has 0 fully saturated rings. The fourth-order valence-electron chi connectivity index (χ4n) is 3.72. The van der Waals surface area contributed by atoms with Crippen LogP contribution in [-0.4, -0.2) is 20.6 Å². The molecule has 2 aromatic rings. The number of allylic oxidation sites excluding steroid dienone is 3. The van der Waals surface area contributed by atoms with Crippen LogP contribution in [0.15, 0.2) is 42.7 Å². The number of benzene rings is 1. The van der Waals surface area contributed by atoms with Crippen LogP contribution in [0.2, 0.25) is 5.02 Å². The van der Waals surface area contributed by atoms with Crippen LogP contribution in [0.3, 0.4) is 0 Å². The summed E-state index contributed by atoms with van der Waals surface area (Å²) in [5.74, 6) is 0. The number of halogens is 4. The van der Waals surface area contributed by atoms with Gasteiger partial charge in [-0.15, -0.1) is 0 Å². The lowest BCUT2D eigenvalue weighted by Crippen LogP contribution is -2.17. The van der Waals surface area contributed by atoms with E-state index in [2.05, 4.69) is 5.10 Å². The minimum Gasteiger partial charge on any atom is -0.262 e. The zero-order chi connectivity index (χ0) is 20.9. The molecule has 4 nitrogen and oxygen atoms in total. The second kappa shape index (κ2) is 6.99. The van der Waals surface area contributed by atoms with Crippen LogP contribution in [0.25, 0.3) is 17.2 Å². The lowest BCUT2D eigenvalue weighted by atomic mass is 9.92. The van der Waals surface area contributed by atoms with Crippen LogP contribution in [-0.2, 0) is 6.18 Å². The molecule has 0 bridgehead atoms. The van der Waals surface area contributed by atoms with Gasteiger partial charge in [-0.3, -0.25) is 4.68 Å². The summed E-state index contributed by atoms with van der Waals surface area (Å²) in [6, 6.07) is 3.58. The van der Waals surface area contributed by atoms with E-state index in [0.29, 0.717) is 12.0 Å². The second-order valence-electron chi connectivity index (χ2n) is 7.34. The maximum absolute atomic E-state index is 13.0. The number of aromatic nitrogens is 2. The Morgan fingerprint density at radius 2 is 2.03 bits per heavy atom. The van der Waals surface area contributed by atoms with Gasteiger partial charge in [0.1, 0.15) is 0 Å². The highest BCUT2D eigenvalue weighted by molar-refractivity contribution is 6.31. The summed E-state index contributed by atoms with van der Waals surface area (Å²) in [7, 11) is 0. The molecule has 29 heavy (non-hydrogen) atoms. The van der Waals surface area contributed by atoms with Gasteiger partial charge in [0, 0.05) is 28.2 Å². The van der Waals surface area contributed by atoms with Crippen molar-refractivity contribution in [3.63, 3.8) is 0 Å². The van der Waals surface area contributed by atoms with Crippen LogP contribution in [0.1, 0.15) is 48.7 Å². The molecule has 0 saturated carbocycles. The molecule has 0 spiro atoms. The summed E-state index contributed by atoms with van der Waals surface area (Å²) in [6.45, 7) is 3.81. The molecule has 0 saturated heterocycles. The van der Waals surface area contributed by atoms with E-state index in [0.717, 1.165) is 33.2 Å². The Bertz CT molecular complexity index is 1100. The zero-order valence-electron chi connectivity index (χ0n) is 15.7. The van der Waals surface area contributed by atoms with E-state index >= 15 is 0 Å². The maximum Gasteiger partial charge on any atom is 0.417 e. The van der Waals surface area contributed by atoms with Crippen LogP contribution >= 0.6 is 11.6 Å². The minimum atomic E-state index is -4.48. The second-order valence-corrected chi connectivity index (χ2v) is 7.75. The van der Waals surface area contributed by atoms with Crippen molar-refractivity contribution >= 4 is 28.8 Å². The normalized spacial score (nSPS) is 21.7. The Labute approximate surface area is 170 Å². The Kier molecular flexibility index (Phi) is 4.73. The van der Waals surface area contributed by atoms with E-state index in [1.807, 2.05) is 23.8 Å². The molecule has 0 N–H and O–H groups in total. The van der Waals surface area contributed by atoms with Crippen molar-refractivity contribution in [3.8, 4) is 0 Å². The Morgan fingerprint density at radius 3 is 2.69 bits per heavy atom. The molecule has 1 aromatic heterocycles. The highest BCUT2D eigenvalue weighted by Gasteiger charge is 2.33. The summed E-state index contributed by atoms with van der Waals surface area (Å²) in [5, 5.41) is 4.17. The van der Waals surface area contributed by atoms with Gasteiger partial charge in [-0.05, 0) is 54.3 Å². The average molecular weight is 421 g/mol. The Balaban J connectivity index is 1.77. The van der Waals surface area contributed by atoms with Crippen LogP contribution in [0, 0.1) is 4.91 Å². The lowest BCUT2D eigenvalue weighted by molar-refractivity contribution is -0.505. The van der Waals surface area contributed by atoms with Gasteiger partial charge in [0.2, 0.25) is 12.2 Å². The molecule has 0 aliphatic carbocycles. The van der Waals surface area contributed by atoms with Crippen LogP contribution in [0.4, 0.5) is 13.2 Å². The highest BCUT2D eigenvalue weighted by atomic mass is 35.5. The van der Waals surface area contributed by atoms with Gasteiger partial charge >= 0.3 is 6.18 Å². The van der Waals surface area contributed by atoms with Gasteiger partial charge in [0.15, 0.2) is 0 Å². The molecule has 1 aromatic carbocycles. The Hall–Kier alpha value is -2.67. The predicted octanol–water partition coefficient (Wildman–Crippen LogP) is 6.14. The fourth-order valence-corrected chi connectivity index (χ4v) is 4.01. The molecule has 1 unspecified atom stereocenters. The Morgan fingerprint density at radius 1 is 1.28 bits per heavy atom. The first-order chi connectivity index (χ1) is 13.6. The summed E-state index contributed by atoms with van der Waals surface area (Å²) in [4.78, 5) is 11.7. The summed E-state index contributed by atoms with van der Waals surface area (Å²) in [5.41, 5.74) is 3.33. The topological polar surface area (TPSA) is 37.9 Å².